The molecule has 0 aliphatic rings. The summed E-state index contributed by atoms with van der Waals surface area (Å²) >= 11 is 1.55. The zero-order valence-electron chi connectivity index (χ0n) is 6.20. The molecule has 2 atom stereocenters. The Hall–Kier alpha value is -0.220. The number of amides is 1. The number of nitrogens with one attached hydrogen (secondary N) is 1. The van der Waals surface area contributed by atoms with Crippen LogP contribution in [-0.4, -0.2) is 35.7 Å². The van der Waals surface area contributed by atoms with Crippen molar-refractivity contribution in [1.82, 2.24) is 5.32 Å². The van der Waals surface area contributed by atoms with E-state index in [0.717, 1.165) is 0 Å². The van der Waals surface area contributed by atoms with Crippen LogP contribution in [0.25, 0.3) is 0 Å². The van der Waals surface area contributed by atoms with Crippen molar-refractivity contribution in [2.45, 2.75) is 18.2 Å². The molecule has 2 unspecified atom stereocenters. The van der Waals surface area contributed by atoms with Gasteiger partial charge in [0.1, 0.15) is 0 Å². The molecule has 2 N–H and O–H groups in total. The van der Waals surface area contributed by atoms with Gasteiger partial charge in [-0.25, -0.2) is 0 Å². The number of rotatable bonds is 5. The van der Waals surface area contributed by atoms with Gasteiger partial charge in [-0.05, 0) is 13.2 Å². The highest BCUT2D eigenvalue weighted by Crippen LogP contribution is 2.09. The molecule has 0 aromatic heterocycles. The van der Waals surface area contributed by atoms with E-state index in [1.54, 1.807) is 11.8 Å². The first-order chi connectivity index (χ1) is 4.76. The Kier molecular flexibility index (Phi) is 5.43. The van der Waals surface area contributed by atoms with Gasteiger partial charge in [-0.2, -0.15) is 11.8 Å². The fourth-order valence-corrected chi connectivity index (χ4v) is 1.29. The van der Waals surface area contributed by atoms with Crippen molar-refractivity contribution in [2.75, 3.05) is 12.9 Å². The minimum Gasteiger partial charge on any atom is -0.395 e. The largest absolute Gasteiger partial charge is 0.395 e. The summed E-state index contributed by atoms with van der Waals surface area (Å²) in [5.41, 5.74) is 0. The normalized spacial score (nSPS) is 15.9. The molecular formula is C6H13NO2S. The monoisotopic (exact) mass is 163 g/mol. The average molecular weight is 163 g/mol. The summed E-state index contributed by atoms with van der Waals surface area (Å²) in [4.78, 5) is 9.95. The van der Waals surface area contributed by atoms with Crippen LogP contribution < -0.4 is 5.32 Å². The van der Waals surface area contributed by atoms with Gasteiger partial charge in [0.05, 0.1) is 6.61 Å². The molecule has 0 aromatic carbocycles. The maximum Gasteiger partial charge on any atom is 0.207 e. The summed E-state index contributed by atoms with van der Waals surface area (Å²) < 4.78 is 0. The molecule has 0 spiro atoms. The summed E-state index contributed by atoms with van der Waals surface area (Å²) in [5.74, 6) is 0. The average Bonchev–Trinajstić information content (AvgIpc) is 1.91. The lowest BCUT2D eigenvalue weighted by Gasteiger charge is -2.18. The van der Waals surface area contributed by atoms with Crippen molar-refractivity contribution in [3.63, 3.8) is 0 Å². The first-order valence-corrected chi connectivity index (χ1v) is 4.38. The van der Waals surface area contributed by atoms with Gasteiger partial charge in [0.25, 0.3) is 0 Å². The molecule has 0 bridgehead atoms. The van der Waals surface area contributed by atoms with Crippen LogP contribution in [0, 0.1) is 0 Å². The van der Waals surface area contributed by atoms with E-state index in [9.17, 15) is 4.79 Å². The second-order valence-electron chi connectivity index (χ2n) is 2.03. The Balaban J connectivity index is 3.63. The number of aliphatic hydroxyl groups excluding tert-OH is 1. The van der Waals surface area contributed by atoms with Gasteiger partial charge in [-0.1, -0.05) is 0 Å². The third-order valence-electron chi connectivity index (χ3n) is 1.37. The summed E-state index contributed by atoms with van der Waals surface area (Å²) in [6.45, 7) is 1.97. The summed E-state index contributed by atoms with van der Waals surface area (Å²) in [7, 11) is 0. The van der Waals surface area contributed by atoms with E-state index in [-0.39, 0.29) is 17.9 Å². The van der Waals surface area contributed by atoms with E-state index >= 15 is 0 Å². The minimum atomic E-state index is 0.0394. The van der Waals surface area contributed by atoms with Crippen molar-refractivity contribution < 1.29 is 9.90 Å². The van der Waals surface area contributed by atoms with Gasteiger partial charge in [-0.3, -0.25) is 4.79 Å². The van der Waals surface area contributed by atoms with Crippen LogP contribution in [0.4, 0.5) is 0 Å². The predicted octanol–water partition coefficient (Wildman–Crippen LogP) is -0.155. The van der Waals surface area contributed by atoms with Crippen LogP contribution in [0.1, 0.15) is 6.92 Å². The van der Waals surface area contributed by atoms with Crippen LogP contribution in [0.5, 0.6) is 0 Å². The molecule has 0 rings (SSSR count). The van der Waals surface area contributed by atoms with Gasteiger partial charge in [-0.15, -0.1) is 0 Å². The van der Waals surface area contributed by atoms with Gasteiger partial charge in [0, 0.05) is 11.3 Å². The maximum atomic E-state index is 9.95. The van der Waals surface area contributed by atoms with Crippen molar-refractivity contribution in [3.8, 4) is 0 Å². The van der Waals surface area contributed by atoms with E-state index in [1.807, 2.05) is 13.2 Å². The highest BCUT2D eigenvalue weighted by molar-refractivity contribution is 7.99. The predicted molar refractivity (Wildman–Crippen MR) is 43.1 cm³/mol. The molecule has 0 fully saturated rings. The van der Waals surface area contributed by atoms with E-state index in [4.69, 9.17) is 5.11 Å². The van der Waals surface area contributed by atoms with Crippen molar-refractivity contribution in [2.24, 2.45) is 0 Å². The van der Waals surface area contributed by atoms with Gasteiger partial charge in [0.2, 0.25) is 6.41 Å². The first-order valence-electron chi connectivity index (χ1n) is 3.09. The molecule has 1 amide bonds. The molecule has 0 heterocycles. The molecule has 0 saturated heterocycles. The second-order valence-corrected chi connectivity index (χ2v) is 3.11. The Morgan fingerprint density at radius 2 is 2.40 bits per heavy atom. The Bertz CT molecular complexity index is 95.7. The van der Waals surface area contributed by atoms with Gasteiger partial charge < -0.3 is 10.4 Å². The Labute approximate surface area is 65.2 Å². The van der Waals surface area contributed by atoms with Crippen LogP contribution in [0.3, 0.4) is 0 Å². The fraction of sp³-hybridized carbons (Fsp3) is 0.833. The second kappa shape index (κ2) is 5.56. The topological polar surface area (TPSA) is 49.3 Å². The van der Waals surface area contributed by atoms with Crippen molar-refractivity contribution >= 4 is 18.2 Å². The number of hydrogen-bond donors (Lipinski definition) is 2. The maximum absolute atomic E-state index is 9.95. The molecule has 3 nitrogen and oxygen atoms in total. The highest BCUT2D eigenvalue weighted by Gasteiger charge is 2.12. The van der Waals surface area contributed by atoms with Crippen LogP contribution in [-0.2, 0) is 4.79 Å². The smallest absolute Gasteiger partial charge is 0.207 e. The molecule has 60 valence electrons. The van der Waals surface area contributed by atoms with E-state index in [1.165, 1.54) is 0 Å². The highest BCUT2D eigenvalue weighted by atomic mass is 32.2. The zero-order chi connectivity index (χ0) is 7.98. The zero-order valence-corrected chi connectivity index (χ0v) is 7.02. The number of hydrogen-bond acceptors (Lipinski definition) is 3. The summed E-state index contributed by atoms with van der Waals surface area (Å²) in [6.07, 6.45) is 2.56. The molecule has 0 radical (unpaired) electrons. The van der Waals surface area contributed by atoms with Crippen LogP contribution in [0.15, 0.2) is 0 Å². The molecule has 4 heteroatoms. The van der Waals surface area contributed by atoms with E-state index in [0.29, 0.717) is 6.41 Å². The lowest BCUT2D eigenvalue weighted by atomic mass is 10.2. The lowest BCUT2D eigenvalue weighted by Crippen LogP contribution is -2.36. The van der Waals surface area contributed by atoms with Crippen LogP contribution >= 0.6 is 11.8 Å². The first kappa shape index (κ1) is 9.78. The Morgan fingerprint density at radius 3 is 2.70 bits per heavy atom. The third-order valence-corrected chi connectivity index (χ3v) is 2.53. The number of carbonyl (C=O) groups is 1. The molecule has 0 saturated carbocycles. The summed E-state index contributed by atoms with van der Waals surface area (Å²) in [6, 6.07) is 0.0394. The summed E-state index contributed by atoms with van der Waals surface area (Å²) in [5, 5.41) is 11.4. The minimum absolute atomic E-state index is 0.0394. The molecule has 10 heavy (non-hydrogen) atoms. The van der Waals surface area contributed by atoms with Crippen molar-refractivity contribution in [3.05, 3.63) is 0 Å². The number of carbonyl (C=O) groups excluding carboxylic acids is 1. The molecule has 0 aromatic rings. The van der Waals surface area contributed by atoms with E-state index < -0.39 is 0 Å². The third kappa shape index (κ3) is 3.08. The molecular weight excluding hydrogens is 150 g/mol. The number of thioether (sulfide) groups is 1. The van der Waals surface area contributed by atoms with Crippen molar-refractivity contribution in [1.29, 1.82) is 0 Å². The lowest BCUT2D eigenvalue weighted by molar-refractivity contribution is -0.110. The van der Waals surface area contributed by atoms with E-state index in [2.05, 4.69) is 5.32 Å². The SMILES string of the molecule is CSC(CO)C(C)NC=O. The fourth-order valence-electron chi connectivity index (χ4n) is 0.651. The quantitative estimate of drug-likeness (QED) is 0.554. The number of aliphatic hydroxyl groups is 1. The Morgan fingerprint density at radius 1 is 1.80 bits per heavy atom. The van der Waals surface area contributed by atoms with Gasteiger partial charge >= 0.3 is 0 Å². The molecule has 0 aliphatic carbocycles. The van der Waals surface area contributed by atoms with Gasteiger partial charge in [0.15, 0.2) is 0 Å². The standard InChI is InChI=1S/C6H13NO2S/c1-5(7-4-9)6(3-8)10-2/h4-6,8H,3H2,1-2H3,(H,7,9). The molecule has 0 aliphatic heterocycles. The van der Waals surface area contributed by atoms with Crippen LogP contribution in [0.2, 0.25) is 0 Å².